The van der Waals surface area contributed by atoms with Gasteiger partial charge in [0.15, 0.2) is 0 Å². The number of rotatable bonds is 11. The molecule has 0 spiro atoms. The van der Waals surface area contributed by atoms with Crippen molar-refractivity contribution in [2.45, 2.75) is 46.0 Å². The minimum Gasteiger partial charge on any atom is -0.354 e. The number of carbonyl (C=O) groups is 2. The number of hydrogen-bond acceptors (Lipinski definition) is 4. The highest BCUT2D eigenvalue weighted by molar-refractivity contribution is 7.92. The largest absolute Gasteiger partial charge is 0.417 e. The molecule has 2 amide bonds. The number of anilines is 1. The highest BCUT2D eigenvalue weighted by atomic mass is 35.5. The van der Waals surface area contributed by atoms with Crippen LogP contribution in [0, 0.1) is 11.7 Å². The van der Waals surface area contributed by atoms with Gasteiger partial charge >= 0.3 is 6.18 Å². The lowest BCUT2D eigenvalue weighted by Gasteiger charge is -2.33. The number of benzene rings is 2. The molecule has 0 aromatic heterocycles. The standard InChI is InChI=1S/C25H30ClF4N3O4S/c1-5-22(24(35)31-13-16(2)3)32(14-17-6-8-18(27)9-7-17)23(34)15-33(38(4,36)37)19-10-11-21(26)20(12-19)25(28,29)30/h6-12,16,22H,5,13-15H2,1-4H3,(H,31,35)/t22-/m0/s1. The van der Waals surface area contributed by atoms with Crippen molar-refractivity contribution in [3.8, 4) is 0 Å². The molecule has 2 rings (SSSR count). The Morgan fingerprint density at radius 1 is 1.08 bits per heavy atom. The molecule has 7 nitrogen and oxygen atoms in total. The maximum absolute atomic E-state index is 13.6. The van der Waals surface area contributed by atoms with E-state index in [4.69, 9.17) is 11.6 Å². The van der Waals surface area contributed by atoms with E-state index in [0.717, 1.165) is 23.3 Å². The normalized spacial score (nSPS) is 12.8. The van der Waals surface area contributed by atoms with Gasteiger partial charge in [-0.25, -0.2) is 12.8 Å². The smallest absolute Gasteiger partial charge is 0.354 e. The summed E-state index contributed by atoms with van der Waals surface area (Å²) in [6, 6.07) is 6.65. The fraction of sp³-hybridized carbons (Fsp3) is 0.440. The van der Waals surface area contributed by atoms with Gasteiger partial charge in [-0.3, -0.25) is 13.9 Å². The Kier molecular flexibility index (Phi) is 10.6. The molecule has 0 aliphatic carbocycles. The summed E-state index contributed by atoms with van der Waals surface area (Å²) < 4.78 is 79.4. The first-order valence-corrected chi connectivity index (χ1v) is 13.9. The molecule has 2 aromatic carbocycles. The maximum atomic E-state index is 13.6. The van der Waals surface area contributed by atoms with E-state index in [1.807, 2.05) is 13.8 Å². The number of alkyl halides is 3. The third-order valence-corrected chi connectivity index (χ3v) is 7.03. The number of nitrogens with zero attached hydrogens (tertiary/aromatic N) is 2. The lowest BCUT2D eigenvalue weighted by atomic mass is 10.1. The van der Waals surface area contributed by atoms with Crippen LogP contribution in [0.1, 0.15) is 38.3 Å². The van der Waals surface area contributed by atoms with Crippen LogP contribution in [-0.2, 0) is 32.3 Å². The molecule has 210 valence electrons. The zero-order valence-electron chi connectivity index (χ0n) is 21.4. The molecule has 13 heteroatoms. The van der Waals surface area contributed by atoms with Crippen molar-refractivity contribution in [1.29, 1.82) is 0 Å². The zero-order chi connectivity index (χ0) is 28.8. The van der Waals surface area contributed by atoms with E-state index in [-0.39, 0.29) is 18.9 Å². The molecule has 2 aromatic rings. The summed E-state index contributed by atoms with van der Waals surface area (Å²) in [5.41, 5.74) is -1.22. The zero-order valence-corrected chi connectivity index (χ0v) is 22.9. The van der Waals surface area contributed by atoms with Crippen molar-refractivity contribution >= 4 is 39.1 Å². The van der Waals surface area contributed by atoms with Crippen LogP contribution in [0.2, 0.25) is 5.02 Å². The molecular weight excluding hydrogens is 550 g/mol. The first-order valence-electron chi connectivity index (χ1n) is 11.7. The molecule has 0 heterocycles. The van der Waals surface area contributed by atoms with Gasteiger partial charge in [0.2, 0.25) is 21.8 Å². The van der Waals surface area contributed by atoms with Gasteiger partial charge in [0.05, 0.1) is 22.5 Å². The van der Waals surface area contributed by atoms with Crippen molar-refractivity contribution in [3.63, 3.8) is 0 Å². The van der Waals surface area contributed by atoms with Gasteiger partial charge in [-0.05, 0) is 48.2 Å². The summed E-state index contributed by atoms with van der Waals surface area (Å²) in [5.74, 6) is -1.71. The van der Waals surface area contributed by atoms with E-state index < -0.39 is 62.7 Å². The lowest BCUT2D eigenvalue weighted by molar-refractivity contribution is -0.140. The number of nitrogens with one attached hydrogen (secondary N) is 1. The third kappa shape index (κ3) is 8.59. The number of halogens is 5. The van der Waals surface area contributed by atoms with E-state index in [1.165, 1.54) is 24.3 Å². The molecular formula is C25H30ClF4N3O4S. The summed E-state index contributed by atoms with van der Waals surface area (Å²) in [6.45, 7) is 4.70. The molecule has 0 radical (unpaired) electrons. The second kappa shape index (κ2) is 12.8. The van der Waals surface area contributed by atoms with Crippen molar-refractivity contribution in [3.05, 3.63) is 64.4 Å². The first kappa shape index (κ1) is 31.4. The number of hydrogen-bond donors (Lipinski definition) is 1. The number of amides is 2. The van der Waals surface area contributed by atoms with E-state index in [1.54, 1.807) is 6.92 Å². The summed E-state index contributed by atoms with van der Waals surface area (Å²) in [5, 5.41) is 2.11. The van der Waals surface area contributed by atoms with Crippen LogP contribution in [0.5, 0.6) is 0 Å². The minimum atomic E-state index is -4.86. The first-order chi connectivity index (χ1) is 17.5. The molecule has 1 atom stereocenters. The van der Waals surface area contributed by atoms with Crippen LogP contribution < -0.4 is 9.62 Å². The van der Waals surface area contributed by atoms with E-state index in [0.29, 0.717) is 22.5 Å². The number of carbonyl (C=O) groups excluding carboxylic acids is 2. The molecule has 1 N–H and O–H groups in total. The van der Waals surface area contributed by atoms with Crippen LogP contribution in [0.3, 0.4) is 0 Å². The third-order valence-electron chi connectivity index (χ3n) is 5.56. The Hall–Kier alpha value is -2.86. The van der Waals surface area contributed by atoms with E-state index in [9.17, 15) is 35.6 Å². The van der Waals surface area contributed by atoms with Gasteiger partial charge in [-0.1, -0.05) is 44.5 Å². The Balaban J connectivity index is 2.50. The van der Waals surface area contributed by atoms with Gasteiger partial charge in [0, 0.05) is 13.1 Å². The predicted molar refractivity (Wildman–Crippen MR) is 138 cm³/mol. The molecule has 0 saturated carbocycles. The van der Waals surface area contributed by atoms with Crippen molar-refractivity contribution in [1.82, 2.24) is 10.2 Å². The monoisotopic (exact) mass is 579 g/mol. The molecule has 0 bridgehead atoms. The Morgan fingerprint density at radius 2 is 1.68 bits per heavy atom. The fourth-order valence-corrected chi connectivity index (χ4v) is 4.69. The summed E-state index contributed by atoms with van der Waals surface area (Å²) in [6.07, 6.45) is -3.95. The Morgan fingerprint density at radius 3 is 2.18 bits per heavy atom. The quantitative estimate of drug-likeness (QED) is 0.386. The SMILES string of the molecule is CC[C@@H](C(=O)NCC(C)C)N(Cc1ccc(F)cc1)C(=O)CN(c1ccc(Cl)c(C(F)(F)F)c1)S(C)(=O)=O. The van der Waals surface area contributed by atoms with Crippen LogP contribution in [0.15, 0.2) is 42.5 Å². The van der Waals surface area contributed by atoms with Crippen LogP contribution >= 0.6 is 11.6 Å². The molecule has 0 unspecified atom stereocenters. The molecule has 0 fully saturated rings. The average Bonchev–Trinajstić information content (AvgIpc) is 2.81. The Bertz CT molecular complexity index is 1240. The van der Waals surface area contributed by atoms with Crippen LogP contribution in [0.4, 0.5) is 23.2 Å². The van der Waals surface area contributed by atoms with Gasteiger partial charge in [0.25, 0.3) is 0 Å². The highest BCUT2D eigenvalue weighted by Gasteiger charge is 2.36. The second-order valence-electron chi connectivity index (χ2n) is 9.14. The summed E-state index contributed by atoms with van der Waals surface area (Å²) >= 11 is 5.67. The minimum absolute atomic E-state index is 0.117. The molecule has 0 saturated heterocycles. The summed E-state index contributed by atoms with van der Waals surface area (Å²) in [4.78, 5) is 27.7. The lowest BCUT2D eigenvalue weighted by Crippen LogP contribution is -2.52. The molecule has 38 heavy (non-hydrogen) atoms. The Labute approximate surface area is 224 Å². The van der Waals surface area contributed by atoms with Gasteiger partial charge in [-0.2, -0.15) is 13.2 Å². The summed E-state index contributed by atoms with van der Waals surface area (Å²) in [7, 11) is -4.25. The van der Waals surface area contributed by atoms with Crippen molar-refractivity contribution in [2.75, 3.05) is 23.7 Å². The topological polar surface area (TPSA) is 86.8 Å². The van der Waals surface area contributed by atoms with E-state index in [2.05, 4.69) is 5.32 Å². The van der Waals surface area contributed by atoms with Gasteiger partial charge in [0.1, 0.15) is 18.4 Å². The van der Waals surface area contributed by atoms with Gasteiger partial charge in [-0.15, -0.1) is 0 Å². The average molecular weight is 580 g/mol. The number of sulfonamides is 1. The van der Waals surface area contributed by atoms with Crippen LogP contribution in [0.25, 0.3) is 0 Å². The maximum Gasteiger partial charge on any atom is 0.417 e. The van der Waals surface area contributed by atoms with Crippen molar-refractivity contribution in [2.24, 2.45) is 5.92 Å². The fourth-order valence-electron chi connectivity index (χ4n) is 3.63. The predicted octanol–water partition coefficient (Wildman–Crippen LogP) is 4.84. The molecule has 0 aliphatic heterocycles. The van der Waals surface area contributed by atoms with Crippen molar-refractivity contribution < 1.29 is 35.6 Å². The van der Waals surface area contributed by atoms with Crippen LogP contribution in [-0.4, -0.2) is 50.5 Å². The second-order valence-corrected chi connectivity index (χ2v) is 11.5. The van der Waals surface area contributed by atoms with E-state index >= 15 is 0 Å². The highest BCUT2D eigenvalue weighted by Crippen LogP contribution is 2.37. The molecule has 0 aliphatic rings. The van der Waals surface area contributed by atoms with Gasteiger partial charge < -0.3 is 10.2 Å².